The molecule has 2 rings (SSSR count). The highest BCUT2D eigenvalue weighted by Crippen LogP contribution is 2.33. The Morgan fingerprint density at radius 2 is 2.08 bits per heavy atom. The molecule has 0 unspecified atom stereocenters. The molecule has 10 heteroatoms. The fraction of sp³-hybridized carbons (Fsp3) is 0.267. The van der Waals surface area contributed by atoms with Crippen LogP contribution in [-0.4, -0.2) is 35.3 Å². The van der Waals surface area contributed by atoms with Gasteiger partial charge in [-0.2, -0.15) is 18.2 Å². The van der Waals surface area contributed by atoms with Gasteiger partial charge in [0.25, 0.3) is 5.91 Å². The average molecular weight is 356 g/mol. The first-order valence-corrected chi connectivity index (χ1v) is 6.96. The minimum atomic E-state index is -4.68. The quantitative estimate of drug-likeness (QED) is 0.777. The van der Waals surface area contributed by atoms with Crippen molar-refractivity contribution in [3.63, 3.8) is 0 Å². The number of benzene rings is 1. The number of anilines is 1. The number of alkyl halides is 3. The maximum atomic E-state index is 12.5. The number of hydrogen-bond acceptors (Lipinski definition) is 5. The molecule has 0 spiro atoms. The van der Waals surface area contributed by atoms with Crippen molar-refractivity contribution < 1.29 is 27.4 Å². The topological polar surface area (TPSA) is 89.1 Å². The smallest absolute Gasteiger partial charge is 0.451 e. The van der Waals surface area contributed by atoms with E-state index in [1.54, 1.807) is 11.2 Å². The zero-order valence-corrected chi connectivity index (χ0v) is 13.4. The predicted molar refractivity (Wildman–Crippen MR) is 82.8 cm³/mol. The van der Waals surface area contributed by atoms with E-state index < -0.39 is 23.9 Å². The number of aromatic amines is 1. The van der Waals surface area contributed by atoms with Gasteiger partial charge in [-0.15, -0.1) is 11.7 Å². The van der Waals surface area contributed by atoms with Crippen molar-refractivity contribution in [2.24, 2.45) is 0 Å². The first kappa shape index (κ1) is 18.3. The van der Waals surface area contributed by atoms with Crippen LogP contribution in [-0.2, 0) is 12.6 Å². The number of nitrogens with zero attached hydrogens (tertiary/aromatic N) is 2. The van der Waals surface area contributed by atoms with E-state index in [9.17, 15) is 18.0 Å². The summed E-state index contributed by atoms with van der Waals surface area (Å²) in [6, 6.07) is 2.92. The van der Waals surface area contributed by atoms with E-state index >= 15 is 0 Å². The fourth-order valence-corrected chi connectivity index (χ4v) is 2.10. The summed E-state index contributed by atoms with van der Waals surface area (Å²) in [6.07, 6.45) is -2.67. The maximum absolute atomic E-state index is 12.5. The Balaban J connectivity index is 2.31. The zero-order chi connectivity index (χ0) is 18.6. The second-order valence-electron chi connectivity index (χ2n) is 4.82. The second kappa shape index (κ2) is 7.24. The minimum absolute atomic E-state index is 0.146. The molecule has 7 nitrogen and oxygen atoms in total. The number of hydrogen-bond donors (Lipinski definition) is 2. The van der Waals surface area contributed by atoms with Crippen molar-refractivity contribution in [1.82, 2.24) is 15.2 Å². The summed E-state index contributed by atoms with van der Waals surface area (Å²) in [4.78, 5) is 15.5. The average Bonchev–Trinajstić information content (AvgIpc) is 3.03. The number of halogens is 3. The molecule has 0 aliphatic heterocycles. The molecular weight excluding hydrogens is 341 g/mol. The number of carbonyl (C=O) groups is 1. The Morgan fingerprint density at radius 3 is 2.60 bits per heavy atom. The lowest BCUT2D eigenvalue weighted by Gasteiger charge is -2.14. The van der Waals surface area contributed by atoms with Crippen LogP contribution in [0.15, 0.2) is 24.8 Å². The van der Waals surface area contributed by atoms with Crippen LogP contribution in [0.2, 0.25) is 0 Å². The van der Waals surface area contributed by atoms with Crippen LogP contribution in [0.4, 0.5) is 19.1 Å². The lowest BCUT2D eigenvalue weighted by Crippen LogP contribution is -2.14. The SMILES string of the molecule is C=CCc1cc(C(=O)Nc2n[nH]c(C(F)(F)F)n2)cc(OC)c1OC. The molecular formula is C15H15F3N4O3. The molecule has 1 amide bonds. The molecule has 0 aliphatic rings. The maximum Gasteiger partial charge on any atom is 0.451 e. The van der Waals surface area contributed by atoms with Crippen molar-refractivity contribution in [2.75, 3.05) is 19.5 Å². The molecule has 0 fully saturated rings. The van der Waals surface area contributed by atoms with Crippen LogP contribution in [0.5, 0.6) is 11.5 Å². The van der Waals surface area contributed by atoms with E-state index in [0.717, 1.165) is 0 Å². The molecule has 2 aromatic rings. The fourth-order valence-electron chi connectivity index (χ4n) is 2.10. The highest BCUT2D eigenvalue weighted by Gasteiger charge is 2.35. The number of rotatable bonds is 6. The Labute approximate surface area is 140 Å². The number of nitrogens with one attached hydrogen (secondary N) is 2. The van der Waals surface area contributed by atoms with Crippen molar-refractivity contribution in [3.8, 4) is 11.5 Å². The van der Waals surface area contributed by atoms with Gasteiger partial charge in [-0.25, -0.2) is 0 Å². The summed E-state index contributed by atoms with van der Waals surface area (Å²) in [5, 5.41) is 7.23. The van der Waals surface area contributed by atoms with Gasteiger partial charge in [0, 0.05) is 11.1 Å². The van der Waals surface area contributed by atoms with E-state index in [2.05, 4.69) is 22.0 Å². The van der Waals surface area contributed by atoms with E-state index in [1.165, 1.54) is 26.4 Å². The highest BCUT2D eigenvalue weighted by molar-refractivity contribution is 6.04. The summed E-state index contributed by atoms with van der Waals surface area (Å²) >= 11 is 0. The minimum Gasteiger partial charge on any atom is -0.493 e. The number of ether oxygens (including phenoxy) is 2. The first-order valence-electron chi connectivity index (χ1n) is 6.96. The summed E-state index contributed by atoms with van der Waals surface area (Å²) in [7, 11) is 2.86. The Hall–Kier alpha value is -3.04. The molecule has 25 heavy (non-hydrogen) atoms. The summed E-state index contributed by atoms with van der Waals surface area (Å²) in [5.74, 6) is -1.74. The molecule has 2 N–H and O–H groups in total. The Bertz CT molecular complexity index is 787. The molecule has 1 heterocycles. The van der Waals surface area contributed by atoms with Gasteiger partial charge in [-0.3, -0.25) is 15.2 Å². The largest absolute Gasteiger partial charge is 0.493 e. The van der Waals surface area contributed by atoms with E-state index in [1.807, 2.05) is 0 Å². The van der Waals surface area contributed by atoms with Gasteiger partial charge in [-0.05, 0) is 18.6 Å². The molecule has 134 valence electrons. The second-order valence-corrected chi connectivity index (χ2v) is 4.82. The van der Waals surface area contributed by atoms with Gasteiger partial charge in [-0.1, -0.05) is 6.08 Å². The molecule has 0 bridgehead atoms. The summed E-state index contributed by atoms with van der Waals surface area (Å²) in [5.41, 5.74) is 0.779. The molecule has 0 radical (unpaired) electrons. The third-order valence-electron chi connectivity index (χ3n) is 3.16. The lowest BCUT2D eigenvalue weighted by molar-refractivity contribution is -0.144. The number of allylic oxidation sites excluding steroid dienone is 1. The molecule has 0 saturated heterocycles. The molecule has 0 atom stereocenters. The van der Waals surface area contributed by atoms with Crippen molar-refractivity contribution in [3.05, 3.63) is 41.7 Å². The predicted octanol–water partition coefficient (Wildman–Crippen LogP) is 2.82. The van der Waals surface area contributed by atoms with Gasteiger partial charge in [0.1, 0.15) is 0 Å². The lowest BCUT2D eigenvalue weighted by atomic mass is 10.0. The number of carbonyl (C=O) groups excluding carboxylic acids is 1. The van der Waals surface area contributed by atoms with Gasteiger partial charge < -0.3 is 9.47 Å². The van der Waals surface area contributed by atoms with Crippen LogP contribution < -0.4 is 14.8 Å². The van der Waals surface area contributed by atoms with E-state index in [4.69, 9.17) is 9.47 Å². The van der Waals surface area contributed by atoms with Gasteiger partial charge in [0.05, 0.1) is 14.2 Å². The highest BCUT2D eigenvalue weighted by atomic mass is 19.4. The van der Waals surface area contributed by atoms with Crippen LogP contribution in [0.25, 0.3) is 0 Å². The number of aromatic nitrogens is 3. The molecule has 1 aromatic carbocycles. The van der Waals surface area contributed by atoms with Crippen LogP contribution in [0, 0.1) is 0 Å². The van der Waals surface area contributed by atoms with Crippen molar-refractivity contribution >= 4 is 11.9 Å². The van der Waals surface area contributed by atoms with E-state index in [-0.39, 0.29) is 5.56 Å². The molecule has 1 aromatic heterocycles. The molecule has 0 aliphatic carbocycles. The van der Waals surface area contributed by atoms with Crippen LogP contribution >= 0.6 is 0 Å². The standard InChI is InChI=1S/C15H15F3N4O3/c1-4-5-8-6-9(7-10(24-2)11(8)25-3)12(23)19-14-20-13(21-22-14)15(16,17)18/h4,6-7H,1,5H2,2-3H3,(H2,19,20,21,22,23). The third-order valence-corrected chi connectivity index (χ3v) is 3.16. The van der Waals surface area contributed by atoms with Gasteiger partial charge >= 0.3 is 6.18 Å². The monoisotopic (exact) mass is 356 g/mol. The zero-order valence-electron chi connectivity index (χ0n) is 13.4. The van der Waals surface area contributed by atoms with Gasteiger partial charge in [0.2, 0.25) is 11.8 Å². The third kappa shape index (κ3) is 4.08. The first-order chi connectivity index (χ1) is 11.8. The van der Waals surface area contributed by atoms with Crippen molar-refractivity contribution in [2.45, 2.75) is 12.6 Å². The summed E-state index contributed by atoms with van der Waals surface area (Å²) in [6.45, 7) is 3.63. The normalized spacial score (nSPS) is 11.1. The van der Waals surface area contributed by atoms with E-state index in [0.29, 0.717) is 23.5 Å². The number of methoxy groups -OCH3 is 2. The number of H-pyrrole nitrogens is 1. The van der Waals surface area contributed by atoms with Crippen LogP contribution in [0.1, 0.15) is 21.7 Å². The summed E-state index contributed by atoms with van der Waals surface area (Å²) < 4.78 is 47.9. The van der Waals surface area contributed by atoms with Crippen LogP contribution in [0.3, 0.4) is 0 Å². The number of amides is 1. The van der Waals surface area contributed by atoms with Gasteiger partial charge in [0.15, 0.2) is 11.5 Å². The van der Waals surface area contributed by atoms with Crippen molar-refractivity contribution in [1.29, 1.82) is 0 Å². The Morgan fingerprint density at radius 1 is 1.36 bits per heavy atom. The Kier molecular flexibility index (Phi) is 5.30. The molecule has 0 saturated carbocycles.